The average molecular weight is 281 g/mol. The molecule has 1 N–H and O–H groups in total. The zero-order chi connectivity index (χ0) is 14.6. The highest BCUT2D eigenvalue weighted by atomic mass is 16.5. The van der Waals surface area contributed by atoms with Crippen LogP contribution in [0.2, 0.25) is 0 Å². The van der Waals surface area contributed by atoms with Crippen molar-refractivity contribution in [1.82, 2.24) is 5.32 Å². The molecular weight excluding hydrogens is 254 g/mol. The van der Waals surface area contributed by atoms with Crippen LogP contribution in [0.1, 0.15) is 31.9 Å². The van der Waals surface area contributed by atoms with Gasteiger partial charge in [-0.15, -0.1) is 0 Å². The van der Waals surface area contributed by atoms with Crippen molar-refractivity contribution < 1.29 is 14.2 Å². The Bertz CT molecular complexity index is 357. The van der Waals surface area contributed by atoms with Gasteiger partial charge in [0.1, 0.15) is 5.75 Å². The zero-order valence-electron chi connectivity index (χ0n) is 12.9. The number of methoxy groups -OCH3 is 1. The Hall–Kier alpha value is -1.10. The third-order valence-electron chi connectivity index (χ3n) is 2.95. The van der Waals surface area contributed by atoms with Gasteiger partial charge >= 0.3 is 0 Å². The van der Waals surface area contributed by atoms with Crippen molar-refractivity contribution >= 4 is 0 Å². The number of rotatable bonds is 11. The summed E-state index contributed by atoms with van der Waals surface area (Å²) >= 11 is 0. The number of nitrogens with one attached hydrogen (secondary N) is 1. The van der Waals surface area contributed by atoms with Gasteiger partial charge < -0.3 is 19.5 Å². The molecule has 4 nitrogen and oxygen atoms in total. The Labute approximate surface area is 122 Å². The number of hydrogen-bond donors (Lipinski definition) is 1. The van der Waals surface area contributed by atoms with Gasteiger partial charge in [-0.3, -0.25) is 0 Å². The lowest BCUT2D eigenvalue weighted by Crippen LogP contribution is -2.26. The molecule has 1 atom stereocenters. The number of hydrogen-bond acceptors (Lipinski definition) is 4. The van der Waals surface area contributed by atoms with Crippen LogP contribution in [0.25, 0.3) is 0 Å². The third kappa shape index (κ3) is 6.37. The van der Waals surface area contributed by atoms with E-state index in [1.54, 1.807) is 7.11 Å². The molecule has 0 radical (unpaired) electrons. The minimum atomic E-state index is 0.182. The van der Waals surface area contributed by atoms with Crippen LogP contribution in [0.4, 0.5) is 0 Å². The molecule has 20 heavy (non-hydrogen) atoms. The molecule has 0 aromatic heterocycles. The molecule has 4 heteroatoms. The summed E-state index contributed by atoms with van der Waals surface area (Å²) in [7, 11) is 1.68. The Morgan fingerprint density at radius 2 is 1.90 bits per heavy atom. The first-order valence-corrected chi connectivity index (χ1v) is 7.34. The largest absolute Gasteiger partial charge is 0.497 e. The lowest BCUT2D eigenvalue weighted by molar-refractivity contribution is 0.0393. The molecule has 1 rings (SSSR count). The van der Waals surface area contributed by atoms with Crippen molar-refractivity contribution in [3.8, 4) is 5.75 Å². The molecule has 1 aromatic rings. The fourth-order valence-electron chi connectivity index (χ4n) is 1.94. The summed E-state index contributed by atoms with van der Waals surface area (Å²) in [6.07, 6.45) is 1.05. The van der Waals surface area contributed by atoms with E-state index in [1.165, 1.54) is 5.56 Å². The third-order valence-corrected chi connectivity index (χ3v) is 2.95. The molecule has 0 heterocycles. The highest BCUT2D eigenvalue weighted by molar-refractivity contribution is 5.30. The van der Waals surface area contributed by atoms with Crippen molar-refractivity contribution in [1.29, 1.82) is 0 Å². The van der Waals surface area contributed by atoms with Crippen LogP contribution in [0.5, 0.6) is 5.75 Å². The first kappa shape index (κ1) is 17.0. The topological polar surface area (TPSA) is 39.7 Å². The lowest BCUT2D eigenvalue weighted by atomic mass is 10.1. The van der Waals surface area contributed by atoms with E-state index < -0.39 is 0 Å². The molecule has 0 aliphatic carbocycles. The predicted molar refractivity (Wildman–Crippen MR) is 81.3 cm³/mol. The first-order valence-electron chi connectivity index (χ1n) is 7.34. The molecule has 0 saturated heterocycles. The second-order valence-electron chi connectivity index (χ2n) is 4.57. The Balaban J connectivity index is 2.42. The van der Waals surface area contributed by atoms with Gasteiger partial charge in [-0.2, -0.15) is 0 Å². The van der Waals surface area contributed by atoms with Gasteiger partial charge in [-0.05, 0) is 30.7 Å². The quantitative estimate of drug-likeness (QED) is 0.633. The maximum Gasteiger partial charge on any atom is 0.119 e. The van der Waals surface area contributed by atoms with Crippen LogP contribution in [0.15, 0.2) is 24.3 Å². The van der Waals surface area contributed by atoms with Crippen molar-refractivity contribution in [3.05, 3.63) is 29.8 Å². The number of ether oxygens (including phenoxy) is 3. The molecule has 114 valence electrons. The van der Waals surface area contributed by atoms with Crippen LogP contribution in [0, 0.1) is 0 Å². The van der Waals surface area contributed by atoms with Gasteiger partial charge in [-0.25, -0.2) is 0 Å². The fourth-order valence-corrected chi connectivity index (χ4v) is 1.94. The minimum absolute atomic E-state index is 0.182. The molecule has 0 fully saturated rings. The molecule has 0 aliphatic heterocycles. The van der Waals surface area contributed by atoms with E-state index in [0.717, 1.165) is 25.3 Å². The maximum atomic E-state index is 5.69. The maximum absolute atomic E-state index is 5.69. The van der Waals surface area contributed by atoms with E-state index in [1.807, 2.05) is 18.2 Å². The summed E-state index contributed by atoms with van der Waals surface area (Å²) in [5, 5.41) is 3.43. The normalized spacial score (nSPS) is 12.3. The predicted octanol–water partition coefficient (Wildman–Crippen LogP) is 2.79. The van der Waals surface area contributed by atoms with Crippen molar-refractivity contribution in [3.63, 3.8) is 0 Å². The van der Waals surface area contributed by atoms with Crippen LogP contribution in [0.3, 0.4) is 0 Å². The zero-order valence-corrected chi connectivity index (χ0v) is 12.9. The van der Waals surface area contributed by atoms with Crippen LogP contribution >= 0.6 is 0 Å². The van der Waals surface area contributed by atoms with Gasteiger partial charge in [0.2, 0.25) is 0 Å². The Morgan fingerprint density at radius 1 is 1.10 bits per heavy atom. The average Bonchev–Trinajstić information content (AvgIpc) is 2.49. The van der Waals surface area contributed by atoms with Gasteiger partial charge in [0.15, 0.2) is 0 Å². The molecule has 1 aromatic carbocycles. The van der Waals surface area contributed by atoms with Crippen LogP contribution < -0.4 is 10.1 Å². The summed E-state index contributed by atoms with van der Waals surface area (Å²) in [5.74, 6) is 0.872. The summed E-state index contributed by atoms with van der Waals surface area (Å²) < 4.78 is 16.4. The first-order chi connectivity index (χ1) is 9.81. The van der Waals surface area contributed by atoms with Crippen molar-refractivity contribution in [2.24, 2.45) is 0 Å². The Kier molecular flexibility index (Phi) is 9.04. The van der Waals surface area contributed by atoms with Crippen molar-refractivity contribution in [2.75, 3.05) is 40.1 Å². The summed E-state index contributed by atoms with van der Waals surface area (Å²) in [6, 6.07) is 8.27. The monoisotopic (exact) mass is 281 g/mol. The van der Waals surface area contributed by atoms with E-state index in [-0.39, 0.29) is 6.04 Å². The number of likely N-dealkylation sites (N-methyl/N-ethyl adjacent to an activating group) is 1. The summed E-state index contributed by atoms with van der Waals surface area (Å²) in [6.45, 7) is 7.82. The minimum Gasteiger partial charge on any atom is -0.497 e. The van der Waals surface area contributed by atoms with Gasteiger partial charge in [-0.1, -0.05) is 26.0 Å². The molecule has 0 amide bonds. The summed E-state index contributed by atoms with van der Waals surface area (Å²) in [5.41, 5.74) is 1.18. The van der Waals surface area contributed by atoms with E-state index >= 15 is 0 Å². The SMILES string of the molecule is CCCOCCOCC(NCC)c1cccc(OC)c1. The smallest absolute Gasteiger partial charge is 0.119 e. The van der Waals surface area contributed by atoms with E-state index in [9.17, 15) is 0 Å². The molecule has 0 bridgehead atoms. The highest BCUT2D eigenvalue weighted by Gasteiger charge is 2.11. The standard InChI is InChI=1S/C16H27NO3/c1-4-9-19-10-11-20-13-16(17-5-2)14-7-6-8-15(12-14)18-3/h6-8,12,16-17H,4-5,9-11,13H2,1-3H3. The van der Waals surface area contributed by atoms with E-state index in [0.29, 0.717) is 19.8 Å². The summed E-state index contributed by atoms with van der Waals surface area (Å²) in [4.78, 5) is 0. The van der Waals surface area contributed by atoms with Crippen molar-refractivity contribution in [2.45, 2.75) is 26.3 Å². The molecular formula is C16H27NO3. The molecule has 1 unspecified atom stereocenters. The second-order valence-corrected chi connectivity index (χ2v) is 4.57. The van der Waals surface area contributed by atoms with Crippen LogP contribution in [-0.2, 0) is 9.47 Å². The highest BCUT2D eigenvalue weighted by Crippen LogP contribution is 2.19. The van der Waals surface area contributed by atoms with E-state index in [2.05, 4.69) is 25.2 Å². The lowest BCUT2D eigenvalue weighted by Gasteiger charge is -2.19. The van der Waals surface area contributed by atoms with E-state index in [4.69, 9.17) is 14.2 Å². The van der Waals surface area contributed by atoms with Gasteiger partial charge in [0, 0.05) is 6.61 Å². The second kappa shape index (κ2) is 10.7. The van der Waals surface area contributed by atoms with Crippen LogP contribution in [-0.4, -0.2) is 40.1 Å². The molecule has 0 spiro atoms. The molecule has 0 saturated carbocycles. The fraction of sp³-hybridized carbons (Fsp3) is 0.625. The van der Waals surface area contributed by atoms with Gasteiger partial charge in [0.25, 0.3) is 0 Å². The molecule has 0 aliphatic rings. The van der Waals surface area contributed by atoms with Gasteiger partial charge in [0.05, 0.1) is 33.0 Å². The number of benzene rings is 1. The Morgan fingerprint density at radius 3 is 2.60 bits per heavy atom.